The molecule has 0 aliphatic carbocycles. The van der Waals surface area contributed by atoms with Gasteiger partial charge in [0.2, 0.25) is 0 Å². The third-order valence-electron chi connectivity index (χ3n) is 3.37. The largest absolute Gasteiger partial charge is 0.496 e. The molecule has 0 saturated heterocycles. The fourth-order valence-electron chi connectivity index (χ4n) is 2.46. The average Bonchev–Trinajstić information content (AvgIpc) is 2.71. The summed E-state index contributed by atoms with van der Waals surface area (Å²) < 4.78 is 7.61. The molecule has 0 fully saturated rings. The summed E-state index contributed by atoms with van der Waals surface area (Å²) in [5.41, 5.74) is 10.2. The van der Waals surface area contributed by atoms with Crippen LogP contribution in [0.1, 0.15) is 17.0 Å². The van der Waals surface area contributed by atoms with Crippen LogP contribution in [-0.2, 0) is 13.5 Å². The number of aromatic nitrogens is 2. The maximum absolute atomic E-state index is 5.61. The summed E-state index contributed by atoms with van der Waals surface area (Å²) in [6.07, 6.45) is 2.68. The van der Waals surface area contributed by atoms with E-state index in [1.165, 1.54) is 11.1 Å². The Morgan fingerprint density at radius 1 is 1.32 bits per heavy atom. The lowest BCUT2D eigenvalue weighted by atomic mass is 10.0. The number of methoxy groups -OCH3 is 1. The molecule has 4 heteroatoms. The lowest BCUT2D eigenvalue weighted by Crippen LogP contribution is -2.08. The minimum absolute atomic E-state index is 0.605. The topological polar surface area (TPSA) is 53.1 Å². The van der Waals surface area contributed by atoms with E-state index in [9.17, 15) is 0 Å². The second kappa shape index (κ2) is 5.45. The summed E-state index contributed by atoms with van der Waals surface area (Å²) in [4.78, 5) is 4.45. The molecular weight excluding hydrogens is 238 g/mol. The van der Waals surface area contributed by atoms with Crippen molar-refractivity contribution in [3.63, 3.8) is 0 Å². The van der Waals surface area contributed by atoms with E-state index < -0.39 is 0 Å². The first-order valence-electron chi connectivity index (χ1n) is 6.44. The number of aryl methyl sites for hydroxylation is 2. The number of benzene rings is 1. The van der Waals surface area contributed by atoms with Crippen LogP contribution in [0, 0.1) is 13.8 Å². The van der Waals surface area contributed by atoms with Crippen LogP contribution in [-0.4, -0.2) is 23.2 Å². The van der Waals surface area contributed by atoms with Crippen molar-refractivity contribution in [1.82, 2.24) is 9.55 Å². The van der Waals surface area contributed by atoms with Crippen LogP contribution in [0.3, 0.4) is 0 Å². The van der Waals surface area contributed by atoms with Crippen molar-refractivity contribution in [2.45, 2.75) is 20.3 Å². The summed E-state index contributed by atoms with van der Waals surface area (Å²) in [5, 5.41) is 0. The van der Waals surface area contributed by atoms with Crippen molar-refractivity contribution in [3.05, 3.63) is 35.3 Å². The minimum Gasteiger partial charge on any atom is -0.496 e. The number of nitrogens with two attached hydrogens (primary N) is 1. The molecule has 2 N–H and O–H groups in total. The lowest BCUT2D eigenvalue weighted by molar-refractivity contribution is 0.415. The van der Waals surface area contributed by atoms with E-state index in [1.54, 1.807) is 7.11 Å². The van der Waals surface area contributed by atoms with Crippen LogP contribution in [0.5, 0.6) is 5.75 Å². The van der Waals surface area contributed by atoms with Crippen molar-refractivity contribution in [2.75, 3.05) is 13.7 Å². The predicted octanol–water partition coefficient (Wildman–Crippen LogP) is 2.21. The third-order valence-corrected chi connectivity index (χ3v) is 3.37. The van der Waals surface area contributed by atoms with Gasteiger partial charge in [-0.1, -0.05) is 6.07 Å². The van der Waals surface area contributed by atoms with Crippen LogP contribution in [0.2, 0.25) is 0 Å². The monoisotopic (exact) mass is 259 g/mol. The number of rotatable bonds is 4. The summed E-state index contributed by atoms with van der Waals surface area (Å²) in [5.74, 6) is 1.89. The van der Waals surface area contributed by atoms with E-state index in [1.807, 2.05) is 13.2 Å². The van der Waals surface area contributed by atoms with Crippen molar-refractivity contribution in [1.29, 1.82) is 0 Å². The standard InChI is InChI=1S/C15H21N3O/c1-10-7-11(2)15(13(8-10)19-4)12-9-17-14(5-6-16)18(12)3/h7-9H,5-6,16H2,1-4H3. The van der Waals surface area contributed by atoms with Gasteiger partial charge in [-0.05, 0) is 37.6 Å². The maximum Gasteiger partial charge on any atom is 0.128 e. The Bertz CT molecular complexity index is 587. The highest BCUT2D eigenvalue weighted by Gasteiger charge is 2.15. The minimum atomic E-state index is 0.605. The van der Waals surface area contributed by atoms with Gasteiger partial charge in [-0.3, -0.25) is 0 Å². The highest BCUT2D eigenvalue weighted by atomic mass is 16.5. The Morgan fingerprint density at radius 2 is 2.05 bits per heavy atom. The van der Waals surface area contributed by atoms with Gasteiger partial charge in [-0.2, -0.15) is 0 Å². The summed E-state index contributed by atoms with van der Waals surface area (Å²) in [6, 6.07) is 4.21. The Balaban J connectivity index is 2.58. The summed E-state index contributed by atoms with van der Waals surface area (Å²) in [6.45, 7) is 4.77. The van der Waals surface area contributed by atoms with Gasteiger partial charge >= 0.3 is 0 Å². The van der Waals surface area contributed by atoms with Crippen LogP contribution in [0.4, 0.5) is 0 Å². The van der Waals surface area contributed by atoms with Crippen LogP contribution in [0.25, 0.3) is 11.3 Å². The molecule has 0 aliphatic heterocycles. The van der Waals surface area contributed by atoms with Crippen LogP contribution in [0.15, 0.2) is 18.3 Å². The Morgan fingerprint density at radius 3 is 2.68 bits per heavy atom. The molecule has 1 aromatic heterocycles. The zero-order valence-corrected chi connectivity index (χ0v) is 12.0. The molecule has 0 bridgehead atoms. The van der Waals surface area contributed by atoms with Crippen LogP contribution >= 0.6 is 0 Å². The molecular formula is C15H21N3O. The van der Waals surface area contributed by atoms with E-state index >= 15 is 0 Å². The van der Waals surface area contributed by atoms with Gasteiger partial charge in [0.05, 0.1) is 19.0 Å². The second-order valence-electron chi connectivity index (χ2n) is 4.82. The molecule has 2 aromatic rings. The number of hydrogen-bond acceptors (Lipinski definition) is 3. The summed E-state index contributed by atoms with van der Waals surface area (Å²) >= 11 is 0. The van der Waals surface area contributed by atoms with Crippen molar-refractivity contribution < 1.29 is 4.74 Å². The normalized spacial score (nSPS) is 10.8. The number of imidazole rings is 1. The van der Waals surface area contributed by atoms with Gasteiger partial charge in [0.25, 0.3) is 0 Å². The molecule has 0 aliphatic rings. The first-order valence-corrected chi connectivity index (χ1v) is 6.44. The molecule has 1 heterocycles. The first kappa shape index (κ1) is 13.6. The zero-order valence-electron chi connectivity index (χ0n) is 12.0. The molecule has 0 spiro atoms. The molecule has 4 nitrogen and oxygen atoms in total. The lowest BCUT2D eigenvalue weighted by Gasteiger charge is -2.14. The van der Waals surface area contributed by atoms with E-state index in [0.29, 0.717) is 6.54 Å². The SMILES string of the molecule is COc1cc(C)cc(C)c1-c1cnc(CCN)n1C. The molecule has 0 amide bonds. The molecule has 0 saturated carbocycles. The van der Waals surface area contributed by atoms with Crippen molar-refractivity contribution in [2.24, 2.45) is 12.8 Å². The molecule has 102 valence electrons. The predicted molar refractivity (Wildman–Crippen MR) is 77.4 cm³/mol. The van der Waals surface area contributed by atoms with E-state index in [0.717, 1.165) is 29.3 Å². The highest BCUT2D eigenvalue weighted by Crippen LogP contribution is 2.34. The molecule has 0 atom stereocenters. The van der Waals surface area contributed by atoms with Crippen molar-refractivity contribution >= 4 is 0 Å². The smallest absolute Gasteiger partial charge is 0.128 e. The Kier molecular flexibility index (Phi) is 3.90. The van der Waals surface area contributed by atoms with Crippen LogP contribution < -0.4 is 10.5 Å². The van der Waals surface area contributed by atoms with Gasteiger partial charge in [-0.25, -0.2) is 4.98 Å². The fourth-order valence-corrected chi connectivity index (χ4v) is 2.46. The van der Waals surface area contributed by atoms with Gasteiger partial charge < -0.3 is 15.0 Å². The summed E-state index contributed by atoms with van der Waals surface area (Å²) in [7, 11) is 3.72. The fraction of sp³-hybridized carbons (Fsp3) is 0.400. The molecule has 0 unspecified atom stereocenters. The first-order chi connectivity index (χ1) is 9.08. The Hall–Kier alpha value is -1.81. The molecule has 0 radical (unpaired) electrons. The Labute approximate surface area is 114 Å². The van der Waals surface area contributed by atoms with Gasteiger partial charge in [0.1, 0.15) is 11.6 Å². The number of ether oxygens (including phenoxy) is 1. The second-order valence-corrected chi connectivity index (χ2v) is 4.82. The molecule has 19 heavy (non-hydrogen) atoms. The van der Waals surface area contributed by atoms with E-state index in [-0.39, 0.29) is 0 Å². The van der Waals surface area contributed by atoms with E-state index in [4.69, 9.17) is 10.5 Å². The highest BCUT2D eigenvalue weighted by molar-refractivity contribution is 5.72. The van der Waals surface area contributed by atoms with Gasteiger partial charge in [-0.15, -0.1) is 0 Å². The zero-order chi connectivity index (χ0) is 14.0. The quantitative estimate of drug-likeness (QED) is 0.916. The van der Waals surface area contributed by atoms with Gasteiger partial charge in [0, 0.05) is 19.0 Å². The number of hydrogen-bond donors (Lipinski definition) is 1. The van der Waals surface area contributed by atoms with E-state index in [2.05, 4.69) is 35.5 Å². The van der Waals surface area contributed by atoms with Crippen molar-refractivity contribution in [3.8, 4) is 17.0 Å². The molecule has 1 aromatic carbocycles. The number of nitrogens with zero attached hydrogens (tertiary/aromatic N) is 2. The maximum atomic E-state index is 5.61. The average molecular weight is 259 g/mol. The van der Waals surface area contributed by atoms with Gasteiger partial charge in [0.15, 0.2) is 0 Å². The third kappa shape index (κ3) is 2.49. The molecule has 2 rings (SSSR count).